The molecule has 5 N–H and O–H groups in total. The van der Waals surface area contributed by atoms with E-state index in [1.807, 2.05) is 13.0 Å². The number of hydrogen-bond donors (Lipinski definition) is 4. The number of hydrogen-bond acceptors (Lipinski definition) is 3. The Morgan fingerprint density at radius 3 is 2.27 bits per heavy atom. The fourth-order valence-corrected chi connectivity index (χ4v) is 2.20. The molecule has 7 heteroatoms. The molecular formula is C19H22N4O3. The van der Waals surface area contributed by atoms with Gasteiger partial charge in [-0.2, -0.15) is 0 Å². The Bertz CT molecular complexity index is 846. The number of nitrogens with two attached hydrogens (primary N) is 1. The van der Waals surface area contributed by atoms with Gasteiger partial charge in [-0.25, -0.2) is 4.79 Å². The fourth-order valence-electron chi connectivity index (χ4n) is 2.20. The smallest absolute Gasteiger partial charge is 0.316 e. The lowest BCUT2D eigenvalue weighted by Crippen LogP contribution is -2.20. The minimum atomic E-state index is -0.702. The predicted molar refractivity (Wildman–Crippen MR) is 102 cm³/mol. The van der Waals surface area contributed by atoms with Gasteiger partial charge in [-0.3, -0.25) is 9.59 Å². The molecule has 0 spiro atoms. The molecule has 0 aromatic heterocycles. The number of benzene rings is 2. The number of aryl methyl sites for hydroxylation is 1. The highest BCUT2D eigenvalue weighted by Crippen LogP contribution is 2.22. The van der Waals surface area contributed by atoms with E-state index in [0.717, 1.165) is 5.56 Å². The number of carbonyl (C=O) groups excluding carboxylic acids is 3. The molecule has 0 bridgehead atoms. The van der Waals surface area contributed by atoms with Crippen LogP contribution in [0.25, 0.3) is 0 Å². The highest BCUT2D eigenvalue weighted by atomic mass is 16.2. The van der Waals surface area contributed by atoms with Gasteiger partial charge in [-0.15, -0.1) is 0 Å². The second-order valence-corrected chi connectivity index (χ2v) is 6.20. The summed E-state index contributed by atoms with van der Waals surface area (Å²) >= 11 is 0. The molecular weight excluding hydrogens is 332 g/mol. The fraction of sp³-hybridized carbons (Fsp3) is 0.211. The van der Waals surface area contributed by atoms with Crippen LogP contribution in [-0.2, 0) is 4.79 Å². The van der Waals surface area contributed by atoms with E-state index in [0.29, 0.717) is 22.6 Å². The molecule has 0 unspecified atom stereocenters. The Morgan fingerprint density at radius 1 is 0.923 bits per heavy atom. The molecule has 0 heterocycles. The summed E-state index contributed by atoms with van der Waals surface area (Å²) in [5.74, 6) is -0.584. The number of primary amides is 1. The Morgan fingerprint density at radius 2 is 1.62 bits per heavy atom. The lowest BCUT2D eigenvalue weighted by molar-refractivity contribution is -0.118. The normalized spacial score (nSPS) is 10.3. The van der Waals surface area contributed by atoms with Crippen LogP contribution in [0.5, 0.6) is 0 Å². The molecule has 0 radical (unpaired) electrons. The molecule has 136 valence electrons. The van der Waals surface area contributed by atoms with Gasteiger partial charge < -0.3 is 21.7 Å². The summed E-state index contributed by atoms with van der Waals surface area (Å²) in [6.07, 6.45) is 0. The Hall–Kier alpha value is -3.35. The summed E-state index contributed by atoms with van der Waals surface area (Å²) in [5, 5.41) is 8.04. The summed E-state index contributed by atoms with van der Waals surface area (Å²) in [7, 11) is 0. The van der Waals surface area contributed by atoms with Crippen LogP contribution < -0.4 is 21.7 Å². The average molecular weight is 354 g/mol. The number of nitrogens with one attached hydrogen (secondary N) is 3. The van der Waals surface area contributed by atoms with Gasteiger partial charge in [-0.05, 0) is 42.8 Å². The van der Waals surface area contributed by atoms with E-state index in [4.69, 9.17) is 5.73 Å². The predicted octanol–water partition coefficient (Wildman–Crippen LogP) is 3.33. The molecule has 0 aliphatic heterocycles. The monoisotopic (exact) mass is 354 g/mol. The van der Waals surface area contributed by atoms with Gasteiger partial charge >= 0.3 is 6.03 Å². The summed E-state index contributed by atoms with van der Waals surface area (Å²) in [4.78, 5) is 35.3. The van der Waals surface area contributed by atoms with E-state index in [-0.39, 0.29) is 17.7 Å². The van der Waals surface area contributed by atoms with Crippen LogP contribution in [0.1, 0.15) is 29.8 Å². The third-order valence-electron chi connectivity index (χ3n) is 3.67. The van der Waals surface area contributed by atoms with Gasteiger partial charge in [0.25, 0.3) is 5.91 Å². The zero-order valence-corrected chi connectivity index (χ0v) is 14.9. The first-order chi connectivity index (χ1) is 12.3. The van der Waals surface area contributed by atoms with Crippen molar-refractivity contribution < 1.29 is 14.4 Å². The van der Waals surface area contributed by atoms with Crippen LogP contribution >= 0.6 is 0 Å². The van der Waals surface area contributed by atoms with Crippen molar-refractivity contribution in [3.8, 4) is 0 Å². The molecule has 4 amide bonds. The summed E-state index contributed by atoms with van der Waals surface area (Å²) < 4.78 is 0. The van der Waals surface area contributed by atoms with E-state index < -0.39 is 6.03 Å². The van der Waals surface area contributed by atoms with Crippen LogP contribution in [-0.4, -0.2) is 17.8 Å². The van der Waals surface area contributed by atoms with Crippen LogP contribution in [0, 0.1) is 12.8 Å². The van der Waals surface area contributed by atoms with E-state index in [1.165, 1.54) is 6.07 Å². The zero-order chi connectivity index (χ0) is 19.3. The van der Waals surface area contributed by atoms with Gasteiger partial charge in [-0.1, -0.05) is 26.0 Å². The van der Waals surface area contributed by atoms with Gasteiger partial charge in [0, 0.05) is 28.5 Å². The van der Waals surface area contributed by atoms with E-state index >= 15 is 0 Å². The van der Waals surface area contributed by atoms with Crippen molar-refractivity contribution in [2.24, 2.45) is 11.7 Å². The maximum Gasteiger partial charge on any atom is 0.316 e. The van der Waals surface area contributed by atoms with Crippen LogP contribution in [0.2, 0.25) is 0 Å². The van der Waals surface area contributed by atoms with Crippen molar-refractivity contribution in [1.82, 2.24) is 0 Å². The molecule has 2 aromatic carbocycles. The first-order valence-electron chi connectivity index (χ1n) is 8.15. The van der Waals surface area contributed by atoms with E-state index in [1.54, 1.807) is 44.2 Å². The summed E-state index contributed by atoms with van der Waals surface area (Å²) in [6.45, 7) is 5.47. The summed E-state index contributed by atoms with van der Waals surface area (Å²) in [5.41, 5.74) is 7.93. The molecule has 0 atom stereocenters. The van der Waals surface area contributed by atoms with Crippen molar-refractivity contribution in [2.45, 2.75) is 20.8 Å². The van der Waals surface area contributed by atoms with Gasteiger partial charge in [0.2, 0.25) is 5.91 Å². The first-order valence-corrected chi connectivity index (χ1v) is 8.15. The molecule has 0 saturated heterocycles. The number of anilines is 3. The lowest BCUT2D eigenvalue weighted by Gasteiger charge is -2.13. The maximum absolute atomic E-state index is 12.5. The average Bonchev–Trinajstić information content (AvgIpc) is 2.57. The molecule has 0 aliphatic carbocycles. The molecule has 0 fully saturated rings. The lowest BCUT2D eigenvalue weighted by atomic mass is 10.1. The quantitative estimate of drug-likeness (QED) is 0.660. The SMILES string of the molecule is Cc1ccc(NC(=O)C(C)C)cc1NC(=O)c1cccc(NC(N)=O)c1. The van der Waals surface area contributed by atoms with Gasteiger partial charge in [0.15, 0.2) is 0 Å². The van der Waals surface area contributed by atoms with Crippen LogP contribution in [0.3, 0.4) is 0 Å². The van der Waals surface area contributed by atoms with Crippen molar-refractivity contribution in [2.75, 3.05) is 16.0 Å². The van der Waals surface area contributed by atoms with Gasteiger partial charge in [0.05, 0.1) is 0 Å². The van der Waals surface area contributed by atoms with Crippen LogP contribution in [0.4, 0.5) is 21.9 Å². The standard InChI is InChI=1S/C19H22N4O3/c1-11(2)17(24)21-15-8-7-12(3)16(10-15)23-18(25)13-5-4-6-14(9-13)22-19(20)26/h4-11H,1-3H3,(H,21,24)(H,23,25)(H3,20,22,26). The molecule has 0 saturated carbocycles. The van der Waals surface area contributed by atoms with Crippen molar-refractivity contribution in [1.29, 1.82) is 0 Å². The largest absolute Gasteiger partial charge is 0.351 e. The number of rotatable bonds is 5. The third-order valence-corrected chi connectivity index (χ3v) is 3.67. The highest BCUT2D eigenvalue weighted by Gasteiger charge is 2.12. The molecule has 7 nitrogen and oxygen atoms in total. The van der Waals surface area contributed by atoms with E-state index in [9.17, 15) is 14.4 Å². The minimum absolute atomic E-state index is 0.101. The highest BCUT2D eigenvalue weighted by molar-refractivity contribution is 6.06. The molecule has 26 heavy (non-hydrogen) atoms. The number of carbonyl (C=O) groups is 3. The summed E-state index contributed by atoms with van der Waals surface area (Å²) in [6, 6.07) is 11.0. The first kappa shape index (κ1) is 19.0. The number of amides is 4. The second kappa shape index (κ2) is 8.15. The Kier molecular flexibility index (Phi) is 5.95. The molecule has 2 rings (SSSR count). The topological polar surface area (TPSA) is 113 Å². The van der Waals surface area contributed by atoms with Gasteiger partial charge in [0.1, 0.15) is 0 Å². The third kappa shape index (κ3) is 5.07. The zero-order valence-electron chi connectivity index (χ0n) is 14.9. The van der Waals surface area contributed by atoms with Crippen molar-refractivity contribution >= 4 is 34.9 Å². The van der Waals surface area contributed by atoms with Crippen molar-refractivity contribution in [3.05, 3.63) is 53.6 Å². The second-order valence-electron chi connectivity index (χ2n) is 6.20. The van der Waals surface area contributed by atoms with E-state index in [2.05, 4.69) is 16.0 Å². The maximum atomic E-state index is 12.5. The van der Waals surface area contributed by atoms with Crippen LogP contribution in [0.15, 0.2) is 42.5 Å². The molecule has 2 aromatic rings. The Labute approximate surface area is 152 Å². The van der Waals surface area contributed by atoms with Crippen molar-refractivity contribution in [3.63, 3.8) is 0 Å². The minimum Gasteiger partial charge on any atom is -0.351 e. The number of urea groups is 1. The Balaban J connectivity index is 2.18. The molecule has 0 aliphatic rings.